The molecule has 2 aromatic rings. The summed E-state index contributed by atoms with van der Waals surface area (Å²) in [7, 11) is 1.61. The van der Waals surface area contributed by atoms with Crippen molar-refractivity contribution < 1.29 is 9.53 Å². The molecule has 1 amide bonds. The van der Waals surface area contributed by atoms with Crippen LogP contribution < -0.4 is 5.32 Å². The van der Waals surface area contributed by atoms with Crippen LogP contribution in [0.4, 0.5) is 5.82 Å². The number of aromatic amines is 1. The van der Waals surface area contributed by atoms with Gasteiger partial charge in [-0.05, 0) is 12.8 Å². The molecule has 22 heavy (non-hydrogen) atoms. The fraction of sp³-hybridized carbons (Fsp3) is 0.571. The topological polar surface area (TPSA) is 96.0 Å². The number of rotatable bonds is 5. The number of methoxy groups -OCH3 is 1. The second kappa shape index (κ2) is 6.69. The Morgan fingerprint density at radius 3 is 3.05 bits per heavy atom. The normalized spacial score (nSPS) is 16.1. The van der Waals surface area contributed by atoms with Crippen molar-refractivity contribution in [3.8, 4) is 0 Å². The van der Waals surface area contributed by atoms with Crippen molar-refractivity contribution in [1.29, 1.82) is 0 Å². The third-order valence-corrected chi connectivity index (χ3v) is 3.96. The van der Waals surface area contributed by atoms with Crippen molar-refractivity contribution in [2.45, 2.75) is 25.3 Å². The van der Waals surface area contributed by atoms with Crippen LogP contribution in [0, 0.1) is 0 Å². The van der Waals surface area contributed by atoms with Gasteiger partial charge in [-0.3, -0.25) is 9.89 Å². The average Bonchev–Trinajstić information content (AvgIpc) is 3.03. The molecule has 0 saturated carbocycles. The zero-order chi connectivity index (χ0) is 15.4. The lowest BCUT2D eigenvalue weighted by molar-refractivity contribution is -0.133. The van der Waals surface area contributed by atoms with E-state index in [0.29, 0.717) is 19.1 Å². The van der Waals surface area contributed by atoms with Crippen molar-refractivity contribution in [3.05, 3.63) is 12.5 Å². The number of amides is 1. The number of aromatic nitrogens is 4. The highest BCUT2D eigenvalue weighted by Gasteiger charge is 2.23. The second-order valence-electron chi connectivity index (χ2n) is 5.40. The zero-order valence-corrected chi connectivity index (χ0v) is 12.6. The summed E-state index contributed by atoms with van der Waals surface area (Å²) in [5, 5.41) is 11.1. The first-order valence-electron chi connectivity index (χ1n) is 7.45. The summed E-state index contributed by atoms with van der Waals surface area (Å²) in [6, 6.07) is 0.305. The van der Waals surface area contributed by atoms with Crippen LogP contribution >= 0.6 is 0 Å². The van der Waals surface area contributed by atoms with Gasteiger partial charge in [0.1, 0.15) is 12.1 Å². The van der Waals surface area contributed by atoms with Crippen molar-refractivity contribution >= 4 is 22.8 Å². The molecule has 0 aliphatic carbocycles. The van der Waals surface area contributed by atoms with Crippen LogP contribution in [0.25, 0.3) is 11.0 Å². The van der Waals surface area contributed by atoms with Gasteiger partial charge in [0.15, 0.2) is 5.65 Å². The summed E-state index contributed by atoms with van der Waals surface area (Å²) in [6.07, 6.45) is 5.51. The number of anilines is 1. The quantitative estimate of drug-likeness (QED) is 0.848. The SMILES string of the molecule is COCCC(=O)N1CCC(Nc2ncnc3[nH]ncc23)CC1. The number of carbonyl (C=O) groups excluding carboxylic acids is 1. The molecule has 2 N–H and O–H groups in total. The third kappa shape index (κ3) is 3.16. The second-order valence-corrected chi connectivity index (χ2v) is 5.40. The van der Waals surface area contributed by atoms with Gasteiger partial charge in [0.25, 0.3) is 0 Å². The van der Waals surface area contributed by atoms with Crippen molar-refractivity contribution in [1.82, 2.24) is 25.1 Å². The summed E-state index contributed by atoms with van der Waals surface area (Å²) in [6.45, 7) is 2.01. The highest BCUT2D eigenvalue weighted by molar-refractivity contribution is 5.85. The fourth-order valence-corrected chi connectivity index (χ4v) is 2.69. The van der Waals surface area contributed by atoms with Crippen molar-refractivity contribution in [3.63, 3.8) is 0 Å². The van der Waals surface area contributed by atoms with E-state index in [9.17, 15) is 4.79 Å². The van der Waals surface area contributed by atoms with E-state index in [1.54, 1.807) is 13.3 Å². The van der Waals surface area contributed by atoms with Gasteiger partial charge in [-0.2, -0.15) is 5.10 Å². The molecule has 0 spiro atoms. The third-order valence-electron chi connectivity index (χ3n) is 3.96. The van der Waals surface area contributed by atoms with Crippen LogP contribution in [0.1, 0.15) is 19.3 Å². The molecule has 0 aromatic carbocycles. The number of nitrogens with one attached hydrogen (secondary N) is 2. The van der Waals surface area contributed by atoms with E-state index in [0.717, 1.165) is 42.8 Å². The first-order valence-corrected chi connectivity index (χ1v) is 7.45. The molecule has 0 radical (unpaired) electrons. The summed E-state index contributed by atoms with van der Waals surface area (Å²) < 4.78 is 4.95. The average molecular weight is 304 g/mol. The number of nitrogens with zero attached hydrogens (tertiary/aromatic N) is 4. The first kappa shape index (κ1) is 14.7. The number of hydrogen-bond donors (Lipinski definition) is 2. The van der Waals surface area contributed by atoms with E-state index in [-0.39, 0.29) is 5.91 Å². The Morgan fingerprint density at radius 2 is 2.27 bits per heavy atom. The molecule has 1 saturated heterocycles. The van der Waals surface area contributed by atoms with E-state index in [1.807, 2.05) is 4.90 Å². The monoisotopic (exact) mass is 304 g/mol. The maximum atomic E-state index is 12.0. The standard InChI is InChI=1S/C14H20N6O2/c1-22-7-4-12(21)20-5-2-10(3-6-20)18-13-11-8-17-19-14(11)16-9-15-13/h8-10H,2-7H2,1H3,(H2,15,16,17,18,19). The van der Waals surface area contributed by atoms with Gasteiger partial charge in [0.2, 0.25) is 5.91 Å². The Balaban J connectivity index is 1.56. The maximum Gasteiger partial charge on any atom is 0.224 e. The number of hydrogen-bond acceptors (Lipinski definition) is 6. The van der Waals surface area contributed by atoms with E-state index < -0.39 is 0 Å². The van der Waals surface area contributed by atoms with E-state index in [4.69, 9.17) is 4.74 Å². The Bertz CT molecular complexity index is 635. The van der Waals surface area contributed by atoms with Gasteiger partial charge in [0.05, 0.1) is 24.6 Å². The van der Waals surface area contributed by atoms with Crippen LogP contribution in [0.5, 0.6) is 0 Å². The van der Waals surface area contributed by atoms with Gasteiger partial charge in [-0.25, -0.2) is 9.97 Å². The van der Waals surface area contributed by atoms with Gasteiger partial charge >= 0.3 is 0 Å². The Labute approximate surface area is 128 Å². The van der Waals surface area contributed by atoms with Crippen LogP contribution in [0.2, 0.25) is 0 Å². The lowest BCUT2D eigenvalue weighted by atomic mass is 10.0. The molecular weight excluding hydrogens is 284 g/mol. The minimum Gasteiger partial charge on any atom is -0.384 e. The molecule has 3 heterocycles. The number of piperidine rings is 1. The molecular formula is C14H20N6O2. The minimum atomic E-state index is 0.166. The lowest BCUT2D eigenvalue weighted by Crippen LogP contribution is -2.42. The molecule has 118 valence electrons. The largest absolute Gasteiger partial charge is 0.384 e. The van der Waals surface area contributed by atoms with Gasteiger partial charge in [0, 0.05) is 26.2 Å². The summed E-state index contributed by atoms with van der Waals surface area (Å²) in [5.74, 6) is 0.961. The number of ether oxygens (including phenoxy) is 1. The Kier molecular flexibility index (Phi) is 4.47. The number of H-pyrrole nitrogens is 1. The molecule has 0 unspecified atom stereocenters. The number of carbonyl (C=O) groups is 1. The van der Waals surface area contributed by atoms with Crippen LogP contribution in [-0.4, -0.2) is 63.8 Å². The fourth-order valence-electron chi connectivity index (χ4n) is 2.69. The maximum absolute atomic E-state index is 12.0. The zero-order valence-electron chi connectivity index (χ0n) is 12.6. The van der Waals surface area contributed by atoms with Crippen LogP contribution in [0.3, 0.4) is 0 Å². The Morgan fingerprint density at radius 1 is 1.45 bits per heavy atom. The van der Waals surface area contributed by atoms with Gasteiger partial charge in [-0.15, -0.1) is 0 Å². The van der Waals surface area contributed by atoms with E-state index >= 15 is 0 Å². The highest BCUT2D eigenvalue weighted by atomic mass is 16.5. The molecule has 2 aromatic heterocycles. The molecule has 1 aliphatic rings. The minimum absolute atomic E-state index is 0.166. The highest BCUT2D eigenvalue weighted by Crippen LogP contribution is 2.20. The van der Waals surface area contributed by atoms with E-state index in [2.05, 4.69) is 25.5 Å². The molecule has 1 aliphatic heterocycles. The molecule has 0 bridgehead atoms. The lowest BCUT2D eigenvalue weighted by Gasteiger charge is -2.32. The number of likely N-dealkylation sites (tertiary alicyclic amines) is 1. The predicted octanol–water partition coefficient (Wildman–Crippen LogP) is 0.792. The Hall–Kier alpha value is -2.22. The summed E-state index contributed by atoms with van der Waals surface area (Å²) in [5.41, 5.74) is 0.727. The smallest absolute Gasteiger partial charge is 0.224 e. The first-order chi connectivity index (χ1) is 10.8. The van der Waals surface area contributed by atoms with Crippen LogP contribution in [0.15, 0.2) is 12.5 Å². The molecule has 1 fully saturated rings. The van der Waals surface area contributed by atoms with Crippen molar-refractivity contribution in [2.75, 3.05) is 32.1 Å². The summed E-state index contributed by atoms with van der Waals surface area (Å²) in [4.78, 5) is 22.3. The molecule has 0 atom stereocenters. The number of fused-ring (bicyclic) bond motifs is 1. The molecule has 3 rings (SSSR count). The van der Waals surface area contributed by atoms with E-state index in [1.165, 1.54) is 6.33 Å². The van der Waals surface area contributed by atoms with Crippen LogP contribution in [-0.2, 0) is 9.53 Å². The molecule has 8 heteroatoms. The van der Waals surface area contributed by atoms with Gasteiger partial charge in [-0.1, -0.05) is 0 Å². The van der Waals surface area contributed by atoms with Crippen molar-refractivity contribution in [2.24, 2.45) is 0 Å². The van der Waals surface area contributed by atoms with Gasteiger partial charge < -0.3 is 15.0 Å². The summed E-state index contributed by atoms with van der Waals surface area (Å²) >= 11 is 0. The molecule has 8 nitrogen and oxygen atoms in total. The predicted molar refractivity (Wildman–Crippen MR) is 81.4 cm³/mol.